The largest absolute Gasteiger partial charge is 0.376 e. The van der Waals surface area contributed by atoms with Crippen LogP contribution >= 0.6 is 0 Å². The summed E-state index contributed by atoms with van der Waals surface area (Å²) in [7, 11) is 0. The quantitative estimate of drug-likeness (QED) is 0.389. The first-order chi connectivity index (χ1) is 17.4. The molecule has 1 aliphatic rings. The molecule has 1 fully saturated rings. The minimum absolute atomic E-state index is 0.155. The Morgan fingerprint density at radius 3 is 2.56 bits per heavy atom. The molecule has 186 valence electrons. The molecule has 0 radical (unpaired) electrons. The van der Waals surface area contributed by atoms with Gasteiger partial charge in [0.1, 0.15) is 17.2 Å². The molecule has 10 heteroatoms. The highest BCUT2D eigenvalue weighted by Crippen LogP contribution is 2.17. The topological polar surface area (TPSA) is 125 Å². The number of hydrogen-bond acceptors (Lipinski definition) is 5. The first-order valence-electron chi connectivity index (χ1n) is 11.8. The zero-order chi connectivity index (χ0) is 25.2. The zero-order valence-electron chi connectivity index (χ0n) is 19.6. The number of primary amides is 1. The van der Waals surface area contributed by atoms with Crippen LogP contribution in [0.15, 0.2) is 58.1 Å². The molecule has 36 heavy (non-hydrogen) atoms. The van der Waals surface area contributed by atoms with Gasteiger partial charge in [-0.1, -0.05) is 42.5 Å². The van der Waals surface area contributed by atoms with E-state index in [0.29, 0.717) is 18.9 Å². The second-order valence-corrected chi connectivity index (χ2v) is 9.03. The number of imidazole rings is 1. The maximum atomic E-state index is 14.3. The fourth-order valence-electron chi connectivity index (χ4n) is 4.56. The fraction of sp³-hybridized carbons (Fsp3) is 0.308. The molecular weight excluding hydrogens is 465 g/mol. The molecule has 1 amide bonds. The summed E-state index contributed by atoms with van der Waals surface area (Å²) in [6.07, 6.45) is 2.07. The van der Waals surface area contributed by atoms with Gasteiger partial charge in [-0.05, 0) is 30.0 Å². The van der Waals surface area contributed by atoms with Crippen molar-refractivity contribution in [3.05, 3.63) is 97.7 Å². The van der Waals surface area contributed by atoms with Crippen molar-refractivity contribution in [1.29, 1.82) is 0 Å². The molecule has 5 rings (SSSR count). The molecule has 0 spiro atoms. The lowest BCUT2D eigenvalue weighted by molar-refractivity contribution is -0.117. The van der Waals surface area contributed by atoms with Crippen molar-refractivity contribution in [2.24, 2.45) is 5.73 Å². The third-order valence-corrected chi connectivity index (χ3v) is 6.38. The molecule has 3 heterocycles. The van der Waals surface area contributed by atoms with Gasteiger partial charge in [0.25, 0.3) is 5.56 Å². The SMILES string of the molecule is NC(=O)Cc1ccc(Cc2nc3c([nH]2)c(=O)n(Cc2ccccc2F)c(=O)n3CC2CCCO2)cc1. The van der Waals surface area contributed by atoms with Gasteiger partial charge in [-0.25, -0.2) is 14.2 Å². The van der Waals surface area contributed by atoms with E-state index >= 15 is 0 Å². The van der Waals surface area contributed by atoms with Gasteiger partial charge in [0.2, 0.25) is 5.91 Å². The van der Waals surface area contributed by atoms with Gasteiger partial charge in [-0.15, -0.1) is 0 Å². The number of carbonyl (C=O) groups is 1. The van der Waals surface area contributed by atoms with Gasteiger partial charge in [0.05, 0.1) is 25.6 Å². The summed E-state index contributed by atoms with van der Waals surface area (Å²) in [5.74, 6) is -0.385. The highest BCUT2D eigenvalue weighted by molar-refractivity contribution is 5.76. The van der Waals surface area contributed by atoms with Crippen molar-refractivity contribution in [1.82, 2.24) is 19.1 Å². The highest BCUT2D eigenvalue weighted by atomic mass is 19.1. The Morgan fingerprint density at radius 1 is 1.11 bits per heavy atom. The standard InChI is InChI=1S/C26H26FN5O4/c27-20-6-2-1-4-18(20)14-32-25(34)23-24(31(26(32)35)15-19-5-3-11-36-19)30-22(29-23)13-17-9-7-16(8-10-17)12-21(28)33/h1-2,4,6-10,19H,3,5,11-15H2,(H2,28,33)(H,29,30). The van der Waals surface area contributed by atoms with E-state index in [2.05, 4.69) is 9.97 Å². The lowest BCUT2D eigenvalue weighted by Gasteiger charge is -2.15. The molecule has 4 aromatic rings. The number of ether oxygens (including phenoxy) is 1. The molecular formula is C26H26FN5O4. The van der Waals surface area contributed by atoms with Crippen LogP contribution in [0.5, 0.6) is 0 Å². The molecule has 1 atom stereocenters. The Balaban J connectivity index is 1.55. The molecule has 0 aliphatic carbocycles. The van der Waals surface area contributed by atoms with E-state index in [1.807, 2.05) is 24.3 Å². The van der Waals surface area contributed by atoms with E-state index < -0.39 is 23.0 Å². The van der Waals surface area contributed by atoms with Gasteiger partial charge < -0.3 is 15.5 Å². The number of nitrogens with zero attached hydrogens (tertiary/aromatic N) is 3. The van der Waals surface area contributed by atoms with Gasteiger partial charge in [-0.2, -0.15) is 0 Å². The Morgan fingerprint density at radius 2 is 1.86 bits per heavy atom. The van der Waals surface area contributed by atoms with E-state index in [1.165, 1.54) is 10.6 Å². The molecule has 9 nitrogen and oxygen atoms in total. The molecule has 0 saturated carbocycles. The number of nitrogens with one attached hydrogen (secondary N) is 1. The Bertz CT molecular complexity index is 1530. The number of benzene rings is 2. The van der Waals surface area contributed by atoms with Crippen LogP contribution in [0.3, 0.4) is 0 Å². The summed E-state index contributed by atoms with van der Waals surface area (Å²) < 4.78 is 22.6. The summed E-state index contributed by atoms with van der Waals surface area (Å²) in [6, 6.07) is 13.4. The number of carbonyl (C=O) groups excluding carboxylic acids is 1. The molecule has 2 aromatic heterocycles. The normalized spacial score (nSPS) is 15.5. The van der Waals surface area contributed by atoms with Gasteiger partial charge >= 0.3 is 5.69 Å². The number of H-pyrrole nitrogens is 1. The smallest absolute Gasteiger partial charge is 0.333 e. The number of fused-ring (bicyclic) bond motifs is 1. The second-order valence-electron chi connectivity index (χ2n) is 9.03. The summed E-state index contributed by atoms with van der Waals surface area (Å²) in [4.78, 5) is 45.6. The monoisotopic (exact) mass is 491 g/mol. The Kier molecular flexibility index (Phi) is 6.51. The Hall–Kier alpha value is -4.05. The number of hydrogen-bond donors (Lipinski definition) is 2. The number of halogens is 1. The van der Waals surface area contributed by atoms with E-state index in [-0.39, 0.29) is 42.3 Å². The van der Waals surface area contributed by atoms with Crippen LogP contribution in [0, 0.1) is 5.82 Å². The molecule has 2 aromatic carbocycles. The molecule has 1 unspecified atom stereocenters. The third-order valence-electron chi connectivity index (χ3n) is 6.38. The van der Waals surface area contributed by atoms with Crippen molar-refractivity contribution in [2.75, 3.05) is 6.61 Å². The number of rotatable bonds is 8. The predicted molar refractivity (Wildman–Crippen MR) is 131 cm³/mol. The van der Waals surface area contributed by atoms with E-state index in [0.717, 1.165) is 28.5 Å². The van der Waals surface area contributed by atoms with E-state index in [4.69, 9.17) is 10.5 Å². The second kappa shape index (κ2) is 9.90. The van der Waals surface area contributed by atoms with Crippen molar-refractivity contribution in [3.8, 4) is 0 Å². The minimum Gasteiger partial charge on any atom is -0.376 e. The van der Waals surface area contributed by atoms with Gasteiger partial charge in [0, 0.05) is 18.6 Å². The van der Waals surface area contributed by atoms with E-state index in [1.54, 1.807) is 18.2 Å². The molecule has 3 N–H and O–H groups in total. The molecule has 1 aliphatic heterocycles. The maximum absolute atomic E-state index is 14.3. The molecule has 1 saturated heterocycles. The average molecular weight is 492 g/mol. The maximum Gasteiger partial charge on any atom is 0.333 e. The van der Waals surface area contributed by atoms with Crippen LogP contribution in [-0.4, -0.2) is 37.7 Å². The zero-order valence-corrected chi connectivity index (χ0v) is 19.6. The van der Waals surface area contributed by atoms with Crippen molar-refractivity contribution >= 4 is 17.1 Å². The number of aromatic nitrogens is 4. The predicted octanol–water partition coefficient (Wildman–Crippen LogP) is 1.87. The number of nitrogens with two attached hydrogens (primary N) is 1. The summed E-state index contributed by atoms with van der Waals surface area (Å²) >= 11 is 0. The lowest BCUT2D eigenvalue weighted by Crippen LogP contribution is -2.42. The first kappa shape index (κ1) is 23.7. The number of amides is 1. The van der Waals surface area contributed by atoms with Crippen molar-refractivity contribution < 1.29 is 13.9 Å². The molecule has 0 bridgehead atoms. The third kappa shape index (κ3) is 4.85. The van der Waals surface area contributed by atoms with Crippen LogP contribution < -0.4 is 17.0 Å². The Labute approximate surface area is 205 Å². The lowest BCUT2D eigenvalue weighted by atomic mass is 10.1. The summed E-state index contributed by atoms with van der Waals surface area (Å²) in [5.41, 5.74) is 6.53. The van der Waals surface area contributed by atoms with Crippen LogP contribution in [-0.2, 0) is 35.5 Å². The summed E-state index contributed by atoms with van der Waals surface area (Å²) in [5, 5.41) is 0. The van der Waals surface area contributed by atoms with Crippen LogP contribution in [0.4, 0.5) is 4.39 Å². The summed E-state index contributed by atoms with van der Waals surface area (Å²) in [6.45, 7) is 0.676. The van der Waals surface area contributed by atoms with Gasteiger partial charge in [-0.3, -0.25) is 18.7 Å². The highest BCUT2D eigenvalue weighted by Gasteiger charge is 2.23. The van der Waals surface area contributed by atoms with Crippen LogP contribution in [0.1, 0.15) is 35.4 Å². The number of aromatic amines is 1. The fourth-order valence-corrected chi connectivity index (χ4v) is 4.56. The minimum atomic E-state index is -0.558. The van der Waals surface area contributed by atoms with Crippen LogP contribution in [0.25, 0.3) is 11.2 Å². The van der Waals surface area contributed by atoms with Crippen LogP contribution in [0.2, 0.25) is 0 Å². The van der Waals surface area contributed by atoms with Crippen molar-refractivity contribution in [3.63, 3.8) is 0 Å². The average Bonchev–Trinajstić information content (AvgIpc) is 3.52. The van der Waals surface area contributed by atoms with Gasteiger partial charge in [0.15, 0.2) is 5.65 Å². The van der Waals surface area contributed by atoms with Crippen molar-refractivity contribution in [2.45, 2.75) is 44.9 Å². The van der Waals surface area contributed by atoms with E-state index in [9.17, 15) is 18.8 Å². The first-order valence-corrected chi connectivity index (χ1v) is 11.8.